The van der Waals surface area contributed by atoms with Gasteiger partial charge in [-0.05, 0) is 42.3 Å². The topological polar surface area (TPSA) is 75.6 Å². The molecule has 5 heteroatoms. The Bertz CT molecular complexity index is 878. The predicted molar refractivity (Wildman–Crippen MR) is 101 cm³/mol. The molecule has 2 rings (SSSR count). The van der Waals surface area contributed by atoms with Gasteiger partial charge in [-0.25, -0.2) is 4.79 Å². The number of ether oxygens (including phenoxy) is 1. The number of nitrogens with one attached hydrogen (secondary N) is 1. The van der Waals surface area contributed by atoms with E-state index in [1.54, 1.807) is 24.3 Å². The van der Waals surface area contributed by atoms with E-state index in [4.69, 9.17) is 16.3 Å². The van der Waals surface area contributed by atoms with E-state index in [9.17, 15) is 9.59 Å². The molecule has 0 saturated carbocycles. The van der Waals surface area contributed by atoms with Crippen molar-refractivity contribution in [1.29, 1.82) is 0 Å². The molecule has 26 heavy (non-hydrogen) atoms. The van der Waals surface area contributed by atoms with Crippen LogP contribution in [-0.2, 0) is 4.79 Å². The second-order valence-corrected chi connectivity index (χ2v) is 5.50. The van der Waals surface area contributed by atoms with Crippen LogP contribution in [0.3, 0.4) is 0 Å². The van der Waals surface area contributed by atoms with Gasteiger partial charge in [0.15, 0.2) is 0 Å². The quantitative estimate of drug-likeness (QED) is 0.453. The highest BCUT2D eigenvalue weighted by Crippen LogP contribution is 2.21. The molecular formula is C21H19NO4. The highest BCUT2D eigenvalue weighted by molar-refractivity contribution is 6.06. The highest BCUT2D eigenvalue weighted by atomic mass is 16.5. The number of para-hydroxylation sites is 1. The van der Waals surface area contributed by atoms with Crippen LogP contribution in [0.2, 0.25) is 0 Å². The predicted octanol–water partition coefficient (Wildman–Crippen LogP) is 3.75. The van der Waals surface area contributed by atoms with Gasteiger partial charge in [-0.15, -0.1) is 12.3 Å². The lowest BCUT2D eigenvalue weighted by molar-refractivity contribution is -0.111. The van der Waals surface area contributed by atoms with Gasteiger partial charge in [-0.3, -0.25) is 4.79 Å². The molecule has 0 aliphatic carbocycles. The summed E-state index contributed by atoms with van der Waals surface area (Å²) < 4.78 is 5.62. The maximum absolute atomic E-state index is 12.1. The summed E-state index contributed by atoms with van der Waals surface area (Å²) in [7, 11) is 0. The second-order valence-electron chi connectivity index (χ2n) is 5.50. The number of aromatic carboxylic acids is 1. The second kappa shape index (κ2) is 9.09. The van der Waals surface area contributed by atoms with E-state index in [-0.39, 0.29) is 11.3 Å². The van der Waals surface area contributed by atoms with Crippen molar-refractivity contribution in [2.75, 3.05) is 11.9 Å². The fourth-order valence-corrected chi connectivity index (χ4v) is 2.22. The monoisotopic (exact) mass is 349 g/mol. The van der Waals surface area contributed by atoms with Crippen LogP contribution in [0, 0.1) is 19.3 Å². The van der Waals surface area contributed by atoms with Crippen LogP contribution in [0.4, 0.5) is 5.69 Å². The molecule has 0 fully saturated rings. The highest BCUT2D eigenvalue weighted by Gasteiger charge is 2.10. The van der Waals surface area contributed by atoms with E-state index < -0.39 is 11.9 Å². The molecule has 0 aliphatic rings. The van der Waals surface area contributed by atoms with Gasteiger partial charge in [0.05, 0.1) is 17.9 Å². The molecular weight excluding hydrogens is 330 g/mol. The maximum Gasteiger partial charge on any atom is 0.337 e. The summed E-state index contributed by atoms with van der Waals surface area (Å²) in [5.74, 6) is 1.70. The number of carboxylic acids is 1. The molecule has 0 unspecified atom stereocenters. The van der Waals surface area contributed by atoms with Gasteiger partial charge in [0.1, 0.15) is 5.75 Å². The fourth-order valence-electron chi connectivity index (χ4n) is 2.22. The summed E-state index contributed by atoms with van der Waals surface area (Å²) in [5, 5.41) is 11.7. The minimum absolute atomic E-state index is 0.0359. The standard InChI is InChI=1S/C21H19NO4/c1-3-4-13-26-19-14-16(10-9-15(19)2)11-12-20(23)22-18-8-6-5-7-17(18)21(24)25/h1,5-12,14H,4,13H2,2H3,(H,22,23)(H,24,25)/b12-11+. The van der Waals surface area contributed by atoms with E-state index in [1.165, 1.54) is 12.1 Å². The molecule has 0 saturated heterocycles. The lowest BCUT2D eigenvalue weighted by Crippen LogP contribution is -2.11. The third-order valence-corrected chi connectivity index (χ3v) is 3.56. The number of amides is 1. The van der Waals surface area contributed by atoms with Gasteiger partial charge in [-0.2, -0.15) is 0 Å². The summed E-state index contributed by atoms with van der Waals surface area (Å²) >= 11 is 0. The first kappa shape index (κ1) is 18.8. The molecule has 0 radical (unpaired) electrons. The summed E-state index contributed by atoms with van der Waals surface area (Å²) in [6.45, 7) is 2.35. The molecule has 0 bridgehead atoms. The summed E-state index contributed by atoms with van der Waals surface area (Å²) in [6.07, 6.45) is 8.70. The molecule has 0 heterocycles. The van der Waals surface area contributed by atoms with Crippen LogP contribution >= 0.6 is 0 Å². The van der Waals surface area contributed by atoms with Crippen molar-refractivity contribution in [3.05, 3.63) is 65.2 Å². The van der Waals surface area contributed by atoms with Crippen LogP contribution in [-0.4, -0.2) is 23.6 Å². The molecule has 0 spiro atoms. The number of hydrogen-bond acceptors (Lipinski definition) is 3. The molecule has 0 atom stereocenters. The van der Waals surface area contributed by atoms with Gasteiger partial charge < -0.3 is 15.2 Å². The number of rotatable bonds is 7. The van der Waals surface area contributed by atoms with Crippen molar-refractivity contribution < 1.29 is 19.4 Å². The summed E-state index contributed by atoms with van der Waals surface area (Å²) in [5.41, 5.74) is 2.04. The van der Waals surface area contributed by atoms with Gasteiger partial charge in [0.25, 0.3) is 0 Å². The third-order valence-electron chi connectivity index (χ3n) is 3.56. The Kier molecular flexibility index (Phi) is 6.58. The lowest BCUT2D eigenvalue weighted by atomic mass is 10.1. The van der Waals surface area contributed by atoms with Crippen LogP contribution in [0.5, 0.6) is 5.75 Å². The largest absolute Gasteiger partial charge is 0.492 e. The van der Waals surface area contributed by atoms with Crippen molar-refractivity contribution in [3.63, 3.8) is 0 Å². The number of aryl methyl sites for hydroxylation is 1. The van der Waals surface area contributed by atoms with Crippen molar-refractivity contribution in [3.8, 4) is 18.1 Å². The van der Waals surface area contributed by atoms with Gasteiger partial charge in [0.2, 0.25) is 5.91 Å². The van der Waals surface area contributed by atoms with Gasteiger partial charge in [-0.1, -0.05) is 24.3 Å². The maximum atomic E-state index is 12.1. The Labute approximate surface area is 152 Å². The molecule has 0 aromatic heterocycles. The Hall–Kier alpha value is -3.52. The SMILES string of the molecule is C#CCCOc1cc(/C=C/C(=O)Nc2ccccc2C(=O)O)ccc1C. The van der Waals surface area contributed by atoms with E-state index >= 15 is 0 Å². The Balaban J connectivity index is 2.08. The number of anilines is 1. The van der Waals surface area contributed by atoms with Crippen molar-refractivity contribution in [2.45, 2.75) is 13.3 Å². The molecule has 5 nitrogen and oxygen atoms in total. The van der Waals surface area contributed by atoms with E-state index in [0.29, 0.717) is 18.8 Å². The Morgan fingerprint density at radius 3 is 2.77 bits per heavy atom. The van der Waals surface area contributed by atoms with Crippen LogP contribution in [0.1, 0.15) is 27.9 Å². The Morgan fingerprint density at radius 2 is 2.04 bits per heavy atom. The van der Waals surface area contributed by atoms with E-state index in [1.807, 2.05) is 25.1 Å². The normalized spacial score (nSPS) is 10.3. The van der Waals surface area contributed by atoms with Crippen LogP contribution in [0.15, 0.2) is 48.5 Å². The van der Waals surface area contributed by atoms with Gasteiger partial charge in [0, 0.05) is 12.5 Å². The van der Waals surface area contributed by atoms with Crippen molar-refractivity contribution in [1.82, 2.24) is 0 Å². The Morgan fingerprint density at radius 1 is 1.27 bits per heavy atom. The van der Waals surface area contributed by atoms with Crippen molar-refractivity contribution in [2.24, 2.45) is 0 Å². The fraction of sp³-hybridized carbons (Fsp3) is 0.143. The smallest absolute Gasteiger partial charge is 0.337 e. The summed E-state index contributed by atoms with van der Waals surface area (Å²) in [6, 6.07) is 11.8. The number of carbonyl (C=O) groups is 2. The molecule has 0 aliphatic heterocycles. The van der Waals surface area contributed by atoms with E-state index in [0.717, 1.165) is 11.1 Å². The third kappa shape index (κ3) is 5.25. The zero-order valence-electron chi connectivity index (χ0n) is 14.4. The number of hydrogen-bond donors (Lipinski definition) is 2. The summed E-state index contributed by atoms with van der Waals surface area (Å²) in [4.78, 5) is 23.2. The molecule has 132 valence electrons. The van der Waals surface area contributed by atoms with Crippen LogP contribution in [0.25, 0.3) is 6.08 Å². The average Bonchev–Trinajstić information content (AvgIpc) is 2.62. The van der Waals surface area contributed by atoms with Gasteiger partial charge >= 0.3 is 5.97 Å². The number of terminal acetylenes is 1. The lowest BCUT2D eigenvalue weighted by Gasteiger charge is -2.08. The van der Waals surface area contributed by atoms with E-state index in [2.05, 4.69) is 11.2 Å². The minimum Gasteiger partial charge on any atom is -0.492 e. The molecule has 1 amide bonds. The first-order chi connectivity index (χ1) is 12.5. The number of carbonyl (C=O) groups excluding carboxylic acids is 1. The zero-order valence-corrected chi connectivity index (χ0v) is 14.4. The minimum atomic E-state index is -1.10. The number of carboxylic acid groups (broad SMARTS) is 1. The average molecular weight is 349 g/mol. The first-order valence-electron chi connectivity index (χ1n) is 7.99. The zero-order chi connectivity index (χ0) is 18.9. The number of benzene rings is 2. The molecule has 2 aromatic rings. The molecule has 2 N–H and O–H groups in total. The van der Waals surface area contributed by atoms with Crippen molar-refractivity contribution >= 4 is 23.6 Å². The first-order valence-corrected chi connectivity index (χ1v) is 7.99. The van der Waals surface area contributed by atoms with Crippen LogP contribution < -0.4 is 10.1 Å². The molecule has 2 aromatic carbocycles.